The highest BCUT2D eigenvalue weighted by Gasteiger charge is 2.41. The van der Waals surface area contributed by atoms with E-state index in [0.717, 1.165) is 73.5 Å². The van der Waals surface area contributed by atoms with Gasteiger partial charge in [-0.1, -0.05) is 146 Å². The maximum Gasteiger partial charge on any atom is 0.205 e. The fourth-order valence-corrected chi connectivity index (χ4v) is 6.88. The summed E-state index contributed by atoms with van der Waals surface area (Å²) in [5.41, 5.74) is 8.10. The molecule has 0 atom stereocenters. The summed E-state index contributed by atoms with van der Waals surface area (Å²) in [5.74, 6) is 2.13. The molecule has 0 radical (unpaired) electrons. The Bertz CT molecular complexity index is 2330. The molecule has 0 saturated heterocycles. The van der Waals surface area contributed by atoms with Gasteiger partial charge in [0.25, 0.3) is 0 Å². The van der Waals surface area contributed by atoms with Gasteiger partial charge in [-0.15, -0.1) is 15.0 Å². The van der Waals surface area contributed by atoms with Crippen LogP contribution in [0.1, 0.15) is 34.9 Å². The Labute approximate surface area is 303 Å². The van der Waals surface area contributed by atoms with Crippen LogP contribution in [-0.4, -0.2) is 32.3 Å². The second-order valence-corrected chi connectivity index (χ2v) is 12.6. The number of nitrogens with zero attached hydrogens (tertiary/aromatic N) is 5. The van der Waals surface area contributed by atoms with Gasteiger partial charge in [-0.3, -0.25) is 4.98 Å². The molecule has 0 aliphatic carbocycles. The molecule has 0 bridgehead atoms. The molecule has 0 unspecified atom stereocenters. The summed E-state index contributed by atoms with van der Waals surface area (Å²) >= 11 is 0. The molecular formula is C45H37N5O2. The largest absolute Gasteiger partial charge is 0.497 e. The Balaban J connectivity index is 1.13. The van der Waals surface area contributed by atoms with E-state index in [-0.39, 0.29) is 0 Å². The van der Waals surface area contributed by atoms with Crippen molar-refractivity contribution in [3.8, 4) is 34.0 Å². The Hall–Kier alpha value is -6.60. The SMILES string of the molecule is CCc1cc(OCc2ccc(-c3ccccc3-c3nnn(C(c4ccccc4)(c4ccccc4)c4ccccc4)n3)cc2)c2ccc(OC)cc2n1. The molecule has 6 aromatic carbocycles. The quantitative estimate of drug-likeness (QED) is 0.127. The molecule has 7 heteroatoms. The average Bonchev–Trinajstić information content (AvgIpc) is 3.72. The van der Waals surface area contributed by atoms with Gasteiger partial charge in [0.05, 0.1) is 12.6 Å². The maximum absolute atomic E-state index is 6.39. The van der Waals surface area contributed by atoms with Crippen molar-refractivity contribution in [3.63, 3.8) is 0 Å². The van der Waals surface area contributed by atoms with Crippen LogP contribution in [0, 0.1) is 0 Å². The van der Waals surface area contributed by atoms with E-state index in [1.165, 1.54) is 0 Å². The molecule has 0 amide bonds. The van der Waals surface area contributed by atoms with E-state index in [9.17, 15) is 0 Å². The molecule has 7 nitrogen and oxygen atoms in total. The number of ether oxygens (including phenoxy) is 2. The van der Waals surface area contributed by atoms with E-state index in [4.69, 9.17) is 29.9 Å². The van der Waals surface area contributed by atoms with Crippen molar-refractivity contribution in [2.24, 2.45) is 0 Å². The van der Waals surface area contributed by atoms with Crippen molar-refractivity contribution < 1.29 is 9.47 Å². The fraction of sp³-hybridized carbons (Fsp3) is 0.111. The number of aryl methyl sites for hydroxylation is 1. The van der Waals surface area contributed by atoms with Crippen LogP contribution >= 0.6 is 0 Å². The smallest absolute Gasteiger partial charge is 0.205 e. The minimum atomic E-state index is -0.851. The van der Waals surface area contributed by atoms with Crippen LogP contribution < -0.4 is 9.47 Å². The van der Waals surface area contributed by atoms with E-state index in [0.29, 0.717) is 12.4 Å². The highest BCUT2D eigenvalue weighted by molar-refractivity contribution is 5.86. The van der Waals surface area contributed by atoms with Crippen LogP contribution in [0.4, 0.5) is 0 Å². The minimum absolute atomic E-state index is 0.423. The number of methoxy groups -OCH3 is 1. The van der Waals surface area contributed by atoms with Crippen molar-refractivity contribution in [1.29, 1.82) is 0 Å². The lowest BCUT2D eigenvalue weighted by Gasteiger charge is -2.34. The van der Waals surface area contributed by atoms with Crippen LogP contribution in [0.2, 0.25) is 0 Å². The Kier molecular flexibility index (Phi) is 8.98. The molecule has 2 aromatic heterocycles. The van der Waals surface area contributed by atoms with Crippen LogP contribution in [0.3, 0.4) is 0 Å². The number of hydrogen-bond acceptors (Lipinski definition) is 6. The van der Waals surface area contributed by atoms with Gasteiger partial charge in [-0.25, -0.2) is 0 Å². The lowest BCUT2D eigenvalue weighted by atomic mass is 9.77. The van der Waals surface area contributed by atoms with Gasteiger partial charge in [0.2, 0.25) is 5.82 Å². The highest BCUT2D eigenvalue weighted by Crippen LogP contribution is 2.40. The maximum atomic E-state index is 6.39. The molecule has 254 valence electrons. The first-order valence-corrected chi connectivity index (χ1v) is 17.4. The number of rotatable bonds is 11. The number of aromatic nitrogens is 5. The van der Waals surface area contributed by atoms with E-state index >= 15 is 0 Å². The van der Waals surface area contributed by atoms with Gasteiger partial charge in [0.15, 0.2) is 5.54 Å². The van der Waals surface area contributed by atoms with Gasteiger partial charge in [-0.2, -0.15) is 0 Å². The molecule has 8 rings (SSSR count). The van der Waals surface area contributed by atoms with Crippen molar-refractivity contribution >= 4 is 10.9 Å². The molecular weight excluding hydrogens is 643 g/mol. The number of hydrogen-bond donors (Lipinski definition) is 0. The standard InChI is InChI=1S/C45H37N5O2/c1-3-37-29-43(41-28-27-38(51-2)30-42(41)46-37)52-31-32-23-25-33(26-24-32)39-21-13-14-22-40(39)44-47-49-50(48-44)45(34-15-7-4-8-16-34,35-17-9-5-10-18-35)36-19-11-6-12-20-36/h4-30H,3,31H2,1-2H3. The van der Waals surface area contributed by atoms with Gasteiger partial charge >= 0.3 is 0 Å². The number of pyridine rings is 1. The zero-order valence-corrected chi connectivity index (χ0v) is 29.1. The highest BCUT2D eigenvalue weighted by atomic mass is 16.5. The molecule has 8 aromatic rings. The second-order valence-electron chi connectivity index (χ2n) is 12.6. The Morgan fingerprint density at radius 3 is 1.83 bits per heavy atom. The van der Waals surface area contributed by atoms with Gasteiger partial charge in [0.1, 0.15) is 18.1 Å². The van der Waals surface area contributed by atoms with Crippen molar-refractivity contribution in [1.82, 2.24) is 25.2 Å². The number of benzene rings is 6. The Morgan fingerprint density at radius 2 is 1.23 bits per heavy atom. The normalized spacial score (nSPS) is 11.4. The predicted octanol–water partition coefficient (Wildman–Crippen LogP) is 9.55. The topological polar surface area (TPSA) is 75.0 Å². The first-order valence-electron chi connectivity index (χ1n) is 17.4. The van der Waals surface area contributed by atoms with Crippen LogP contribution in [-0.2, 0) is 18.6 Å². The molecule has 0 saturated carbocycles. The summed E-state index contributed by atoms with van der Waals surface area (Å²) in [4.78, 5) is 6.55. The third-order valence-electron chi connectivity index (χ3n) is 9.51. The van der Waals surface area contributed by atoms with E-state index in [2.05, 4.69) is 116 Å². The van der Waals surface area contributed by atoms with Crippen LogP contribution in [0.5, 0.6) is 11.5 Å². The van der Waals surface area contributed by atoms with E-state index in [1.54, 1.807) is 11.9 Å². The summed E-state index contributed by atoms with van der Waals surface area (Å²) < 4.78 is 11.8. The molecule has 52 heavy (non-hydrogen) atoms. The Morgan fingerprint density at radius 1 is 0.635 bits per heavy atom. The average molecular weight is 680 g/mol. The third-order valence-corrected chi connectivity index (χ3v) is 9.51. The molecule has 0 spiro atoms. The zero-order valence-electron chi connectivity index (χ0n) is 29.1. The lowest BCUT2D eigenvalue weighted by molar-refractivity contribution is 0.309. The molecule has 0 aliphatic heterocycles. The van der Waals surface area contributed by atoms with Crippen molar-refractivity contribution in [3.05, 3.63) is 192 Å². The predicted molar refractivity (Wildman–Crippen MR) is 205 cm³/mol. The monoisotopic (exact) mass is 679 g/mol. The summed E-state index contributed by atoms with van der Waals surface area (Å²) in [6.45, 7) is 2.52. The second kappa shape index (κ2) is 14.3. The zero-order chi connectivity index (χ0) is 35.3. The van der Waals surface area contributed by atoms with Gasteiger partial charge < -0.3 is 9.47 Å². The van der Waals surface area contributed by atoms with E-state index in [1.807, 2.05) is 54.6 Å². The summed E-state index contributed by atoms with van der Waals surface area (Å²) in [7, 11) is 1.67. The van der Waals surface area contributed by atoms with Crippen LogP contribution in [0.15, 0.2) is 164 Å². The lowest BCUT2D eigenvalue weighted by Crippen LogP contribution is -2.39. The molecule has 0 fully saturated rings. The summed E-state index contributed by atoms with van der Waals surface area (Å²) in [5, 5.41) is 15.6. The fourth-order valence-electron chi connectivity index (χ4n) is 6.88. The first-order chi connectivity index (χ1) is 25.7. The van der Waals surface area contributed by atoms with E-state index < -0.39 is 5.54 Å². The number of fused-ring (bicyclic) bond motifs is 1. The van der Waals surface area contributed by atoms with Gasteiger partial charge in [0, 0.05) is 28.8 Å². The van der Waals surface area contributed by atoms with Gasteiger partial charge in [-0.05, 0) is 57.1 Å². The van der Waals surface area contributed by atoms with Crippen molar-refractivity contribution in [2.75, 3.05) is 7.11 Å². The number of tetrazole rings is 1. The molecule has 2 heterocycles. The third kappa shape index (κ3) is 6.07. The summed E-state index contributed by atoms with van der Waals surface area (Å²) in [6.07, 6.45) is 0.811. The molecule has 0 N–H and O–H groups in total. The van der Waals surface area contributed by atoms with Crippen LogP contribution in [0.25, 0.3) is 33.4 Å². The molecule has 0 aliphatic rings. The first kappa shape index (κ1) is 32.6. The van der Waals surface area contributed by atoms with Crippen molar-refractivity contribution in [2.45, 2.75) is 25.5 Å². The minimum Gasteiger partial charge on any atom is -0.497 e. The summed E-state index contributed by atoms with van der Waals surface area (Å²) in [6, 6.07) is 55.7.